The van der Waals surface area contributed by atoms with E-state index in [1.807, 2.05) is 6.92 Å². The minimum Gasteiger partial charge on any atom is -0.481 e. The van der Waals surface area contributed by atoms with Crippen LogP contribution < -0.4 is 10.6 Å². The number of carboxylic acids is 1. The van der Waals surface area contributed by atoms with Gasteiger partial charge >= 0.3 is 5.97 Å². The summed E-state index contributed by atoms with van der Waals surface area (Å²) in [7, 11) is 0. The number of amides is 2. The number of carboxylic acid groups (broad SMARTS) is 1. The minimum absolute atomic E-state index is 0.110. The van der Waals surface area contributed by atoms with E-state index in [4.69, 9.17) is 5.11 Å². The summed E-state index contributed by atoms with van der Waals surface area (Å²) in [5.74, 6) is -1.73. The maximum atomic E-state index is 11.7. The van der Waals surface area contributed by atoms with Crippen LogP contribution >= 0.6 is 0 Å². The van der Waals surface area contributed by atoms with Crippen LogP contribution in [0.25, 0.3) is 0 Å². The molecule has 0 aromatic rings. The Morgan fingerprint density at radius 2 is 1.84 bits per heavy atom. The van der Waals surface area contributed by atoms with Crippen LogP contribution in [0.1, 0.15) is 45.4 Å². The van der Waals surface area contributed by atoms with Gasteiger partial charge in [0.05, 0.1) is 5.92 Å². The van der Waals surface area contributed by atoms with E-state index < -0.39 is 11.9 Å². The Balaban J connectivity index is 2.27. The third-order valence-electron chi connectivity index (χ3n) is 3.33. The normalized spacial score (nSPS) is 21.9. The van der Waals surface area contributed by atoms with E-state index in [1.165, 1.54) is 0 Å². The molecule has 6 nitrogen and oxygen atoms in total. The second kappa shape index (κ2) is 7.76. The molecule has 1 saturated carbocycles. The molecule has 19 heavy (non-hydrogen) atoms. The third kappa shape index (κ3) is 5.28. The average molecular weight is 270 g/mol. The average Bonchev–Trinajstić information content (AvgIpc) is 2.82. The van der Waals surface area contributed by atoms with Crippen molar-refractivity contribution in [1.82, 2.24) is 10.6 Å². The summed E-state index contributed by atoms with van der Waals surface area (Å²) in [6, 6.07) is -0.288. The quantitative estimate of drug-likeness (QED) is 0.633. The van der Waals surface area contributed by atoms with E-state index in [9.17, 15) is 14.4 Å². The molecule has 108 valence electrons. The molecule has 0 aromatic heterocycles. The van der Waals surface area contributed by atoms with Crippen LogP contribution in [0, 0.1) is 5.92 Å². The second-order valence-electron chi connectivity index (χ2n) is 4.90. The number of carbonyl (C=O) groups is 3. The molecule has 1 aliphatic carbocycles. The summed E-state index contributed by atoms with van der Waals surface area (Å²) < 4.78 is 0. The lowest BCUT2D eigenvalue weighted by Crippen LogP contribution is -2.40. The van der Waals surface area contributed by atoms with Crippen LogP contribution in [0.4, 0.5) is 0 Å². The zero-order chi connectivity index (χ0) is 14.3. The Morgan fingerprint density at radius 3 is 2.47 bits per heavy atom. The fourth-order valence-electron chi connectivity index (χ4n) is 2.29. The molecule has 0 saturated heterocycles. The van der Waals surface area contributed by atoms with Gasteiger partial charge in [-0.25, -0.2) is 0 Å². The van der Waals surface area contributed by atoms with E-state index in [1.54, 1.807) is 0 Å². The van der Waals surface area contributed by atoms with Gasteiger partial charge in [-0.05, 0) is 19.3 Å². The summed E-state index contributed by atoms with van der Waals surface area (Å²) >= 11 is 0. The van der Waals surface area contributed by atoms with Crippen molar-refractivity contribution in [1.29, 1.82) is 0 Å². The largest absolute Gasteiger partial charge is 0.481 e. The van der Waals surface area contributed by atoms with Gasteiger partial charge in [-0.1, -0.05) is 13.3 Å². The highest BCUT2D eigenvalue weighted by Crippen LogP contribution is 2.25. The van der Waals surface area contributed by atoms with E-state index in [0.717, 1.165) is 12.8 Å². The van der Waals surface area contributed by atoms with Crippen molar-refractivity contribution in [2.75, 3.05) is 6.54 Å². The Bertz CT molecular complexity index is 344. The highest BCUT2D eigenvalue weighted by molar-refractivity contribution is 5.84. The van der Waals surface area contributed by atoms with Gasteiger partial charge in [0.1, 0.15) is 0 Å². The molecular formula is C13H22N2O4. The maximum absolute atomic E-state index is 11.7. The molecule has 0 radical (unpaired) electrons. The van der Waals surface area contributed by atoms with Gasteiger partial charge in [-0.15, -0.1) is 0 Å². The molecule has 0 aliphatic heterocycles. The first kappa shape index (κ1) is 15.5. The Hall–Kier alpha value is -1.59. The molecule has 6 heteroatoms. The van der Waals surface area contributed by atoms with Crippen molar-refractivity contribution < 1.29 is 19.5 Å². The van der Waals surface area contributed by atoms with E-state index in [-0.39, 0.29) is 30.7 Å². The zero-order valence-corrected chi connectivity index (χ0v) is 11.3. The van der Waals surface area contributed by atoms with Crippen LogP contribution in [0.3, 0.4) is 0 Å². The molecule has 1 aliphatic rings. The standard InChI is InChI=1S/C13H22N2O4/c1-2-8-14-11(16)6-7-12(17)15-10-5-3-4-9(10)13(18)19/h9-10H,2-8H2,1H3,(H,14,16)(H,15,17)(H,18,19)/t9-,10+/m0/s1. The topological polar surface area (TPSA) is 95.5 Å². The number of hydrogen-bond acceptors (Lipinski definition) is 3. The predicted molar refractivity (Wildman–Crippen MR) is 69.4 cm³/mol. The van der Waals surface area contributed by atoms with Crippen molar-refractivity contribution in [2.45, 2.75) is 51.5 Å². The molecule has 0 aromatic carbocycles. The van der Waals surface area contributed by atoms with Gasteiger partial charge in [0.2, 0.25) is 11.8 Å². The highest BCUT2D eigenvalue weighted by atomic mass is 16.4. The Morgan fingerprint density at radius 1 is 1.16 bits per heavy atom. The zero-order valence-electron chi connectivity index (χ0n) is 11.3. The second-order valence-corrected chi connectivity index (χ2v) is 4.90. The van der Waals surface area contributed by atoms with Gasteiger partial charge in [0, 0.05) is 25.4 Å². The van der Waals surface area contributed by atoms with Crippen LogP contribution in [-0.4, -0.2) is 35.5 Å². The van der Waals surface area contributed by atoms with E-state index in [0.29, 0.717) is 19.4 Å². The van der Waals surface area contributed by atoms with Crippen molar-refractivity contribution in [2.24, 2.45) is 5.92 Å². The van der Waals surface area contributed by atoms with Crippen LogP contribution in [0.2, 0.25) is 0 Å². The Labute approximate surface area is 112 Å². The molecule has 3 N–H and O–H groups in total. The number of carbonyl (C=O) groups excluding carboxylic acids is 2. The van der Waals surface area contributed by atoms with E-state index in [2.05, 4.69) is 10.6 Å². The van der Waals surface area contributed by atoms with Gasteiger partial charge in [0.15, 0.2) is 0 Å². The maximum Gasteiger partial charge on any atom is 0.308 e. The smallest absolute Gasteiger partial charge is 0.308 e. The van der Waals surface area contributed by atoms with Crippen LogP contribution in [-0.2, 0) is 14.4 Å². The highest BCUT2D eigenvalue weighted by Gasteiger charge is 2.33. The summed E-state index contributed by atoms with van der Waals surface area (Å²) in [5, 5.41) is 14.4. The fourth-order valence-corrected chi connectivity index (χ4v) is 2.29. The molecule has 1 rings (SSSR count). The van der Waals surface area contributed by atoms with Crippen molar-refractivity contribution in [3.8, 4) is 0 Å². The molecular weight excluding hydrogens is 248 g/mol. The van der Waals surface area contributed by atoms with E-state index >= 15 is 0 Å². The lowest BCUT2D eigenvalue weighted by molar-refractivity contribution is -0.142. The first-order valence-electron chi connectivity index (χ1n) is 6.83. The van der Waals surface area contributed by atoms with Crippen LogP contribution in [0.15, 0.2) is 0 Å². The van der Waals surface area contributed by atoms with Crippen molar-refractivity contribution in [3.63, 3.8) is 0 Å². The van der Waals surface area contributed by atoms with Crippen molar-refractivity contribution >= 4 is 17.8 Å². The number of hydrogen-bond donors (Lipinski definition) is 3. The van der Waals surface area contributed by atoms with Gasteiger partial charge in [0.25, 0.3) is 0 Å². The number of nitrogens with one attached hydrogen (secondary N) is 2. The van der Waals surface area contributed by atoms with Crippen LogP contribution in [0.5, 0.6) is 0 Å². The van der Waals surface area contributed by atoms with Gasteiger partial charge in [-0.2, -0.15) is 0 Å². The fraction of sp³-hybridized carbons (Fsp3) is 0.769. The summed E-state index contributed by atoms with van der Waals surface area (Å²) in [6.45, 7) is 2.57. The van der Waals surface area contributed by atoms with Crippen molar-refractivity contribution in [3.05, 3.63) is 0 Å². The Kier molecular flexibility index (Phi) is 6.32. The SMILES string of the molecule is CCCNC(=O)CCC(=O)N[C@@H]1CCC[C@@H]1C(=O)O. The summed E-state index contributed by atoms with van der Waals surface area (Å²) in [6.07, 6.45) is 3.25. The first-order chi connectivity index (χ1) is 9.04. The number of aliphatic carboxylic acids is 1. The van der Waals surface area contributed by atoms with Gasteiger partial charge < -0.3 is 15.7 Å². The molecule has 0 heterocycles. The molecule has 0 unspecified atom stereocenters. The van der Waals surface area contributed by atoms with Gasteiger partial charge in [-0.3, -0.25) is 14.4 Å². The third-order valence-corrected chi connectivity index (χ3v) is 3.33. The molecule has 2 amide bonds. The molecule has 0 bridgehead atoms. The molecule has 0 spiro atoms. The lowest BCUT2D eigenvalue weighted by atomic mass is 10.0. The number of rotatable bonds is 7. The minimum atomic E-state index is -0.858. The first-order valence-corrected chi connectivity index (χ1v) is 6.83. The molecule has 1 fully saturated rings. The predicted octanol–water partition coefficient (Wildman–Crippen LogP) is 0.662. The monoisotopic (exact) mass is 270 g/mol. The molecule has 2 atom stereocenters. The summed E-state index contributed by atoms with van der Waals surface area (Å²) in [4.78, 5) is 34.0. The summed E-state index contributed by atoms with van der Waals surface area (Å²) in [5.41, 5.74) is 0. The lowest BCUT2D eigenvalue weighted by Gasteiger charge is -2.17.